The van der Waals surface area contributed by atoms with Gasteiger partial charge in [0.25, 0.3) is 0 Å². The molecule has 0 saturated carbocycles. The Morgan fingerprint density at radius 1 is 1.25 bits per heavy atom. The van der Waals surface area contributed by atoms with Gasteiger partial charge in [0.1, 0.15) is 0 Å². The molecule has 0 aliphatic carbocycles. The molecule has 1 N–H and O–H groups in total. The van der Waals surface area contributed by atoms with Crippen LogP contribution >= 0.6 is 0 Å². The predicted octanol–water partition coefficient (Wildman–Crippen LogP) is 3.07. The fourth-order valence-electron chi connectivity index (χ4n) is 2.22. The van der Waals surface area contributed by atoms with Crippen LogP contribution in [0, 0.1) is 0 Å². The van der Waals surface area contributed by atoms with Gasteiger partial charge in [-0.05, 0) is 29.5 Å². The van der Waals surface area contributed by atoms with E-state index < -0.39 is 0 Å². The lowest BCUT2D eigenvalue weighted by Gasteiger charge is -2.20. The summed E-state index contributed by atoms with van der Waals surface area (Å²) in [7, 11) is 1.43. The average molecular weight is 277 g/mol. The number of esters is 1. The van der Waals surface area contributed by atoms with Gasteiger partial charge in [-0.25, -0.2) is 0 Å². The van der Waals surface area contributed by atoms with Crippen LogP contribution in [0.1, 0.15) is 45.2 Å². The summed E-state index contributed by atoms with van der Waals surface area (Å²) < 4.78 is 4.75. The van der Waals surface area contributed by atoms with E-state index >= 15 is 0 Å². The molecule has 1 unspecified atom stereocenters. The van der Waals surface area contributed by atoms with E-state index in [4.69, 9.17) is 4.74 Å². The molecule has 0 saturated heterocycles. The molecule has 112 valence electrons. The maximum atomic E-state index is 11.4. The van der Waals surface area contributed by atoms with Crippen LogP contribution < -0.4 is 5.32 Å². The molecule has 0 aliphatic heterocycles. The van der Waals surface area contributed by atoms with Gasteiger partial charge in [-0.2, -0.15) is 0 Å². The van der Waals surface area contributed by atoms with Gasteiger partial charge < -0.3 is 10.1 Å². The second-order valence-corrected chi connectivity index (χ2v) is 6.19. The van der Waals surface area contributed by atoms with E-state index in [1.54, 1.807) is 0 Å². The lowest BCUT2D eigenvalue weighted by Crippen LogP contribution is -2.33. The predicted molar refractivity (Wildman–Crippen MR) is 82.9 cm³/mol. The van der Waals surface area contributed by atoms with Crippen molar-refractivity contribution in [3.63, 3.8) is 0 Å². The smallest absolute Gasteiger partial charge is 0.307 e. The Balaban J connectivity index is 2.71. The van der Waals surface area contributed by atoms with Crippen LogP contribution in [-0.4, -0.2) is 25.7 Å². The highest BCUT2D eigenvalue weighted by molar-refractivity contribution is 5.70. The largest absolute Gasteiger partial charge is 0.469 e. The van der Waals surface area contributed by atoms with Crippen LogP contribution in [0.25, 0.3) is 0 Å². The van der Waals surface area contributed by atoms with Gasteiger partial charge in [-0.15, -0.1) is 0 Å². The summed E-state index contributed by atoms with van der Waals surface area (Å²) in [5, 5.41) is 3.34. The third kappa shape index (κ3) is 5.33. The van der Waals surface area contributed by atoms with E-state index in [2.05, 4.69) is 50.4 Å². The first kappa shape index (κ1) is 16.7. The summed E-state index contributed by atoms with van der Waals surface area (Å²) in [6.45, 7) is 9.52. The molecule has 0 radical (unpaired) electrons. The summed E-state index contributed by atoms with van der Waals surface area (Å²) in [6, 6.07) is 8.80. The minimum Gasteiger partial charge on any atom is -0.469 e. The molecule has 1 rings (SSSR count). The fraction of sp³-hybridized carbons (Fsp3) is 0.588. The highest BCUT2D eigenvalue weighted by Crippen LogP contribution is 2.22. The van der Waals surface area contributed by atoms with Crippen LogP contribution in [0.5, 0.6) is 0 Å². The van der Waals surface area contributed by atoms with Gasteiger partial charge in [0.05, 0.1) is 13.5 Å². The third-order valence-electron chi connectivity index (χ3n) is 3.44. The summed E-state index contributed by atoms with van der Waals surface area (Å²) in [4.78, 5) is 11.4. The van der Waals surface area contributed by atoms with E-state index in [-0.39, 0.29) is 17.4 Å². The molecule has 0 spiro atoms. The van der Waals surface area contributed by atoms with Crippen molar-refractivity contribution in [3.8, 4) is 0 Å². The van der Waals surface area contributed by atoms with Crippen LogP contribution in [0.3, 0.4) is 0 Å². The highest BCUT2D eigenvalue weighted by atomic mass is 16.5. The summed E-state index contributed by atoms with van der Waals surface area (Å²) in [6.07, 6.45) is 1.25. The Labute approximate surface area is 122 Å². The second-order valence-electron chi connectivity index (χ2n) is 6.19. The lowest BCUT2D eigenvalue weighted by atomic mass is 9.86. The van der Waals surface area contributed by atoms with Crippen molar-refractivity contribution < 1.29 is 9.53 Å². The van der Waals surface area contributed by atoms with Crippen molar-refractivity contribution in [2.45, 2.75) is 52.0 Å². The van der Waals surface area contributed by atoms with E-state index in [9.17, 15) is 4.79 Å². The molecule has 20 heavy (non-hydrogen) atoms. The zero-order valence-electron chi connectivity index (χ0n) is 13.3. The number of carbonyl (C=O) groups excluding carboxylic acids is 1. The molecule has 1 atom stereocenters. The minimum absolute atomic E-state index is 0.132. The number of benzene rings is 1. The lowest BCUT2D eigenvalue weighted by molar-refractivity contribution is -0.141. The van der Waals surface area contributed by atoms with Gasteiger partial charge in [-0.1, -0.05) is 52.0 Å². The van der Waals surface area contributed by atoms with Crippen molar-refractivity contribution in [2.24, 2.45) is 0 Å². The zero-order valence-corrected chi connectivity index (χ0v) is 13.3. The van der Waals surface area contributed by atoms with Gasteiger partial charge in [0, 0.05) is 6.04 Å². The number of ether oxygens (including phenoxy) is 1. The minimum atomic E-state index is -0.165. The third-order valence-corrected chi connectivity index (χ3v) is 3.44. The topological polar surface area (TPSA) is 38.3 Å². The molecule has 1 aromatic rings. The molecular formula is C17H27NO2. The van der Waals surface area contributed by atoms with Gasteiger partial charge in [0.2, 0.25) is 0 Å². The van der Waals surface area contributed by atoms with Gasteiger partial charge in [-0.3, -0.25) is 4.79 Å². The average Bonchev–Trinajstić information content (AvgIpc) is 2.38. The van der Waals surface area contributed by atoms with E-state index in [0.717, 1.165) is 13.0 Å². The Kier molecular flexibility index (Phi) is 6.21. The van der Waals surface area contributed by atoms with Crippen molar-refractivity contribution in [2.75, 3.05) is 13.7 Å². The molecule has 0 heterocycles. The highest BCUT2D eigenvalue weighted by Gasteiger charge is 2.16. The van der Waals surface area contributed by atoms with Crippen molar-refractivity contribution in [1.29, 1.82) is 0 Å². The van der Waals surface area contributed by atoms with Gasteiger partial charge in [0.15, 0.2) is 0 Å². The fourth-order valence-corrected chi connectivity index (χ4v) is 2.22. The van der Waals surface area contributed by atoms with Crippen molar-refractivity contribution in [3.05, 3.63) is 35.4 Å². The van der Waals surface area contributed by atoms with E-state index in [0.29, 0.717) is 6.42 Å². The summed E-state index contributed by atoms with van der Waals surface area (Å²) >= 11 is 0. The number of nitrogens with one attached hydrogen (secondary N) is 1. The SMILES string of the molecule is CCNC(CC(=O)OC)Cc1ccc(C(C)(C)C)cc1. The number of likely N-dealkylation sites (N-methyl/N-ethyl adjacent to an activating group) is 1. The zero-order chi connectivity index (χ0) is 15.2. The Morgan fingerprint density at radius 2 is 1.85 bits per heavy atom. The Bertz CT molecular complexity index is 418. The van der Waals surface area contributed by atoms with Crippen LogP contribution in [0.15, 0.2) is 24.3 Å². The summed E-state index contributed by atoms with van der Waals surface area (Å²) in [5.74, 6) is -0.165. The van der Waals surface area contributed by atoms with E-state index in [1.165, 1.54) is 18.2 Å². The molecule has 1 aromatic carbocycles. The van der Waals surface area contributed by atoms with Gasteiger partial charge >= 0.3 is 5.97 Å². The molecule has 0 amide bonds. The van der Waals surface area contributed by atoms with Crippen LogP contribution in [-0.2, 0) is 21.4 Å². The van der Waals surface area contributed by atoms with E-state index in [1.807, 2.05) is 6.92 Å². The molecule has 0 aromatic heterocycles. The Hall–Kier alpha value is -1.35. The first-order valence-corrected chi connectivity index (χ1v) is 7.26. The van der Waals surface area contributed by atoms with Crippen molar-refractivity contribution in [1.82, 2.24) is 5.32 Å². The monoisotopic (exact) mass is 277 g/mol. The maximum Gasteiger partial charge on any atom is 0.307 e. The number of hydrogen-bond donors (Lipinski definition) is 1. The quantitative estimate of drug-likeness (QED) is 0.812. The standard InChI is InChI=1S/C17H27NO2/c1-6-18-15(12-16(19)20-5)11-13-7-9-14(10-8-13)17(2,3)4/h7-10,15,18H,6,11-12H2,1-5H3. The number of hydrogen-bond acceptors (Lipinski definition) is 3. The Morgan fingerprint density at radius 3 is 2.30 bits per heavy atom. The second kappa shape index (κ2) is 7.44. The molecule has 3 heteroatoms. The van der Waals surface area contributed by atoms with Crippen LogP contribution in [0.2, 0.25) is 0 Å². The first-order chi connectivity index (χ1) is 9.36. The first-order valence-electron chi connectivity index (χ1n) is 7.26. The number of rotatable bonds is 6. The maximum absolute atomic E-state index is 11.4. The molecular weight excluding hydrogens is 250 g/mol. The van der Waals surface area contributed by atoms with Crippen molar-refractivity contribution >= 4 is 5.97 Å². The molecule has 0 aliphatic rings. The molecule has 0 fully saturated rings. The summed E-state index contributed by atoms with van der Waals surface area (Å²) in [5.41, 5.74) is 2.74. The molecule has 0 bridgehead atoms. The number of carbonyl (C=O) groups is 1. The number of methoxy groups -OCH3 is 1. The normalized spacial score (nSPS) is 13.1. The molecule has 3 nitrogen and oxygen atoms in total. The van der Waals surface area contributed by atoms with Crippen LogP contribution in [0.4, 0.5) is 0 Å².